The largest absolute Gasteiger partial charge is 0.456 e. The summed E-state index contributed by atoms with van der Waals surface area (Å²) in [6.45, 7) is 0. The standard InChI is InChI=1S/C17H10ClNO/c18-14-5-3-9-19-17(14)11-7-8-13-12-4-1-2-6-15(12)20-16(13)10-11/h1-10H. The lowest BCUT2D eigenvalue weighted by molar-refractivity contribution is 0.669. The van der Waals surface area contributed by atoms with Crippen LogP contribution in [0.1, 0.15) is 0 Å². The highest BCUT2D eigenvalue weighted by Crippen LogP contribution is 2.33. The Labute approximate surface area is 120 Å². The van der Waals surface area contributed by atoms with Crippen molar-refractivity contribution >= 4 is 33.5 Å². The Hall–Kier alpha value is -2.32. The lowest BCUT2D eigenvalue weighted by Crippen LogP contribution is -1.83. The maximum atomic E-state index is 6.20. The fraction of sp³-hybridized carbons (Fsp3) is 0. The van der Waals surface area contributed by atoms with Gasteiger partial charge in [0.25, 0.3) is 0 Å². The molecule has 3 heteroatoms. The third-order valence-corrected chi connectivity index (χ3v) is 3.72. The van der Waals surface area contributed by atoms with Gasteiger partial charge in [-0.3, -0.25) is 4.98 Å². The summed E-state index contributed by atoms with van der Waals surface area (Å²) in [5.41, 5.74) is 3.48. The Morgan fingerprint density at radius 3 is 2.60 bits per heavy atom. The summed E-state index contributed by atoms with van der Waals surface area (Å²) < 4.78 is 5.88. The van der Waals surface area contributed by atoms with Gasteiger partial charge in [-0.25, -0.2) is 0 Å². The number of pyridine rings is 1. The Balaban J connectivity index is 2.00. The quantitative estimate of drug-likeness (QED) is 0.472. The fourth-order valence-electron chi connectivity index (χ4n) is 2.47. The zero-order valence-corrected chi connectivity index (χ0v) is 11.3. The molecule has 20 heavy (non-hydrogen) atoms. The van der Waals surface area contributed by atoms with E-state index in [9.17, 15) is 0 Å². The van der Waals surface area contributed by atoms with Gasteiger partial charge in [0.1, 0.15) is 11.2 Å². The molecule has 2 aromatic carbocycles. The summed E-state index contributed by atoms with van der Waals surface area (Å²) in [5, 5.41) is 2.88. The van der Waals surface area contributed by atoms with Crippen LogP contribution in [-0.4, -0.2) is 4.98 Å². The zero-order chi connectivity index (χ0) is 13.5. The predicted molar refractivity (Wildman–Crippen MR) is 82.0 cm³/mol. The predicted octanol–water partition coefficient (Wildman–Crippen LogP) is 5.30. The first-order valence-electron chi connectivity index (χ1n) is 6.35. The molecule has 2 aromatic heterocycles. The van der Waals surface area contributed by atoms with Crippen molar-refractivity contribution in [2.45, 2.75) is 0 Å². The van der Waals surface area contributed by atoms with Gasteiger partial charge in [-0.15, -0.1) is 0 Å². The van der Waals surface area contributed by atoms with E-state index in [2.05, 4.69) is 17.1 Å². The van der Waals surface area contributed by atoms with Crippen molar-refractivity contribution in [2.24, 2.45) is 0 Å². The SMILES string of the molecule is Clc1cccnc1-c1ccc2c(c1)oc1ccccc12. The highest BCUT2D eigenvalue weighted by Gasteiger charge is 2.09. The average molecular weight is 280 g/mol. The third-order valence-electron chi connectivity index (χ3n) is 3.41. The topological polar surface area (TPSA) is 26.0 Å². The van der Waals surface area contributed by atoms with E-state index in [1.807, 2.05) is 42.5 Å². The van der Waals surface area contributed by atoms with Gasteiger partial charge >= 0.3 is 0 Å². The molecule has 0 atom stereocenters. The number of nitrogens with zero attached hydrogens (tertiary/aromatic N) is 1. The Morgan fingerprint density at radius 2 is 1.70 bits per heavy atom. The highest BCUT2D eigenvalue weighted by molar-refractivity contribution is 6.33. The molecule has 4 aromatic rings. The first-order chi connectivity index (χ1) is 9.83. The monoisotopic (exact) mass is 279 g/mol. The number of aromatic nitrogens is 1. The van der Waals surface area contributed by atoms with Gasteiger partial charge in [-0.05, 0) is 30.3 Å². The van der Waals surface area contributed by atoms with E-state index in [4.69, 9.17) is 16.0 Å². The first kappa shape index (κ1) is 11.5. The van der Waals surface area contributed by atoms with Crippen LogP contribution in [0.5, 0.6) is 0 Å². The van der Waals surface area contributed by atoms with Gasteiger partial charge in [0.2, 0.25) is 0 Å². The molecule has 0 unspecified atom stereocenters. The van der Waals surface area contributed by atoms with E-state index in [1.54, 1.807) is 6.20 Å². The number of hydrogen-bond donors (Lipinski definition) is 0. The van der Waals surface area contributed by atoms with Gasteiger partial charge < -0.3 is 4.42 Å². The molecule has 0 spiro atoms. The highest BCUT2D eigenvalue weighted by atomic mass is 35.5. The number of halogens is 1. The molecule has 4 rings (SSSR count). The summed E-state index contributed by atoms with van der Waals surface area (Å²) in [6.07, 6.45) is 1.74. The van der Waals surface area contributed by atoms with E-state index in [0.29, 0.717) is 5.02 Å². The lowest BCUT2D eigenvalue weighted by atomic mass is 10.1. The molecule has 0 amide bonds. The number of fused-ring (bicyclic) bond motifs is 3. The van der Waals surface area contributed by atoms with Crippen LogP contribution in [0.2, 0.25) is 5.02 Å². The number of benzene rings is 2. The molecular formula is C17H10ClNO. The van der Waals surface area contributed by atoms with Crippen molar-refractivity contribution in [3.63, 3.8) is 0 Å². The fourth-order valence-corrected chi connectivity index (χ4v) is 2.70. The van der Waals surface area contributed by atoms with E-state index in [0.717, 1.165) is 33.2 Å². The second-order valence-corrected chi connectivity index (χ2v) is 5.05. The van der Waals surface area contributed by atoms with Crippen molar-refractivity contribution in [3.8, 4) is 11.3 Å². The Kier molecular flexibility index (Phi) is 2.51. The number of furan rings is 1. The average Bonchev–Trinajstić information content (AvgIpc) is 2.85. The maximum Gasteiger partial charge on any atom is 0.136 e. The number of hydrogen-bond acceptors (Lipinski definition) is 2. The number of rotatable bonds is 1. The maximum absolute atomic E-state index is 6.20. The minimum absolute atomic E-state index is 0.642. The van der Waals surface area contributed by atoms with E-state index < -0.39 is 0 Å². The second-order valence-electron chi connectivity index (χ2n) is 4.64. The van der Waals surface area contributed by atoms with Crippen LogP contribution in [0.3, 0.4) is 0 Å². The van der Waals surface area contributed by atoms with Crippen LogP contribution in [0, 0.1) is 0 Å². The minimum atomic E-state index is 0.642. The minimum Gasteiger partial charge on any atom is -0.456 e. The molecule has 0 saturated heterocycles. The van der Waals surface area contributed by atoms with Crippen LogP contribution in [-0.2, 0) is 0 Å². The second kappa shape index (κ2) is 4.36. The van der Waals surface area contributed by atoms with Crippen molar-refractivity contribution in [2.75, 3.05) is 0 Å². The van der Waals surface area contributed by atoms with Crippen LogP contribution < -0.4 is 0 Å². The molecule has 96 valence electrons. The summed E-state index contributed by atoms with van der Waals surface area (Å²) >= 11 is 6.20. The lowest BCUT2D eigenvalue weighted by Gasteiger charge is -2.02. The van der Waals surface area contributed by atoms with Gasteiger partial charge in [0, 0.05) is 22.5 Å². The van der Waals surface area contributed by atoms with Crippen molar-refractivity contribution in [3.05, 3.63) is 65.8 Å². The molecule has 0 bridgehead atoms. The number of para-hydroxylation sites is 1. The summed E-state index contributed by atoms with van der Waals surface area (Å²) in [5.74, 6) is 0. The Bertz CT molecular complexity index is 926. The van der Waals surface area contributed by atoms with E-state index >= 15 is 0 Å². The van der Waals surface area contributed by atoms with E-state index in [-0.39, 0.29) is 0 Å². The molecule has 0 aliphatic heterocycles. The third kappa shape index (κ3) is 1.69. The summed E-state index contributed by atoms with van der Waals surface area (Å²) in [7, 11) is 0. The van der Waals surface area contributed by atoms with Crippen LogP contribution in [0.15, 0.2) is 65.2 Å². The van der Waals surface area contributed by atoms with Crippen LogP contribution >= 0.6 is 11.6 Å². The molecular weight excluding hydrogens is 270 g/mol. The molecule has 0 aliphatic rings. The van der Waals surface area contributed by atoms with Gasteiger partial charge in [0.15, 0.2) is 0 Å². The molecule has 2 nitrogen and oxygen atoms in total. The normalized spacial score (nSPS) is 11.2. The van der Waals surface area contributed by atoms with Crippen LogP contribution in [0.4, 0.5) is 0 Å². The molecule has 0 fully saturated rings. The molecule has 0 radical (unpaired) electrons. The first-order valence-corrected chi connectivity index (χ1v) is 6.73. The van der Waals surface area contributed by atoms with Gasteiger partial charge in [0.05, 0.1) is 10.7 Å². The van der Waals surface area contributed by atoms with Gasteiger partial charge in [-0.2, -0.15) is 0 Å². The van der Waals surface area contributed by atoms with Crippen molar-refractivity contribution < 1.29 is 4.42 Å². The van der Waals surface area contributed by atoms with Crippen molar-refractivity contribution in [1.29, 1.82) is 0 Å². The Morgan fingerprint density at radius 1 is 0.850 bits per heavy atom. The smallest absolute Gasteiger partial charge is 0.136 e. The molecule has 0 N–H and O–H groups in total. The molecule has 0 aliphatic carbocycles. The van der Waals surface area contributed by atoms with E-state index in [1.165, 1.54) is 0 Å². The molecule has 2 heterocycles. The molecule has 0 saturated carbocycles. The summed E-state index contributed by atoms with van der Waals surface area (Å²) in [6, 6.07) is 17.8. The summed E-state index contributed by atoms with van der Waals surface area (Å²) in [4.78, 5) is 4.34. The zero-order valence-electron chi connectivity index (χ0n) is 10.5. The van der Waals surface area contributed by atoms with Gasteiger partial charge in [-0.1, -0.05) is 35.9 Å². The van der Waals surface area contributed by atoms with Crippen LogP contribution in [0.25, 0.3) is 33.2 Å². The van der Waals surface area contributed by atoms with Crippen molar-refractivity contribution in [1.82, 2.24) is 4.98 Å².